The highest BCUT2D eigenvalue weighted by atomic mass is 16.5. The predicted molar refractivity (Wildman–Crippen MR) is 105 cm³/mol. The lowest BCUT2D eigenvalue weighted by molar-refractivity contribution is -0.124. The number of benzene rings is 2. The molecule has 0 radical (unpaired) electrons. The van der Waals surface area contributed by atoms with E-state index in [9.17, 15) is 14.4 Å². The molecule has 3 rings (SSSR count). The molecule has 0 spiro atoms. The van der Waals surface area contributed by atoms with Crippen LogP contribution in [0.1, 0.15) is 41.4 Å². The van der Waals surface area contributed by atoms with Crippen molar-refractivity contribution in [1.82, 2.24) is 5.32 Å². The molecule has 0 fully saturated rings. The van der Waals surface area contributed by atoms with E-state index in [2.05, 4.69) is 12.2 Å². The molecule has 0 aliphatic carbocycles. The first-order valence-electron chi connectivity index (χ1n) is 9.06. The summed E-state index contributed by atoms with van der Waals surface area (Å²) in [6.45, 7) is 3.44. The molecule has 2 aromatic carbocycles. The second kappa shape index (κ2) is 8.52. The van der Waals surface area contributed by atoms with Crippen molar-refractivity contribution in [2.45, 2.75) is 26.3 Å². The van der Waals surface area contributed by atoms with Crippen LogP contribution in [0.4, 0.5) is 0 Å². The molecule has 0 aliphatic rings. The van der Waals surface area contributed by atoms with Gasteiger partial charge in [0.15, 0.2) is 6.61 Å². The summed E-state index contributed by atoms with van der Waals surface area (Å²) in [5.41, 5.74) is 1.50. The second-order valence-corrected chi connectivity index (χ2v) is 6.45. The number of aryl methyl sites for hydroxylation is 1. The summed E-state index contributed by atoms with van der Waals surface area (Å²) in [7, 11) is 0. The van der Waals surface area contributed by atoms with Gasteiger partial charge in [0, 0.05) is 5.39 Å². The van der Waals surface area contributed by atoms with Crippen molar-refractivity contribution in [1.29, 1.82) is 0 Å². The van der Waals surface area contributed by atoms with Gasteiger partial charge in [0.25, 0.3) is 5.91 Å². The van der Waals surface area contributed by atoms with Crippen molar-refractivity contribution < 1.29 is 18.7 Å². The number of amides is 1. The monoisotopic (exact) mass is 379 g/mol. The Morgan fingerprint density at radius 1 is 1.11 bits per heavy atom. The Bertz CT molecular complexity index is 1050. The summed E-state index contributed by atoms with van der Waals surface area (Å²) in [5.74, 6) is -1.35. The topological polar surface area (TPSA) is 85.6 Å². The van der Waals surface area contributed by atoms with Gasteiger partial charge in [-0.15, -0.1) is 0 Å². The van der Waals surface area contributed by atoms with Gasteiger partial charge in [-0.25, -0.2) is 9.59 Å². The summed E-state index contributed by atoms with van der Waals surface area (Å²) in [4.78, 5) is 36.2. The van der Waals surface area contributed by atoms with E-state index in [-0.39, 0.29) is 11.6 Å². The minimum Gasteiger partial charge on any atom is -0.452 e. The van der Waals surface area contributed by atoms with Crippen LogP contribution in [-0.4, -0.2) is 18.5 Å². The van der Waals surface area contributed by atoms with Crippen LogP contribution in [-0.2, 0) is 16.0 Å². The number of nitrogens with one attached hydrogen (secondary N) is 1. The quantitative estimate of drug-likeness (QED) is 0.524. The van der Waals surface area contributed by atoms with Gasteiger partial charge in [0.2, 0.25) is 0 Å². The van der Waals surface area contributed by atoms with Crippen LogP contribution >= 0.6 is 0 Å². The summed E-state index contributed by atoms with van der Waals surface area (Å²) < 4.78 is 10.1. The normalized spacial score (nSPS) is 11.8. The fourth-order valence-electron chi connectivity index (χ4n) is 2.82. The molecule has 144 valence electrons. The van der Waals surface area contributed by atoms with E-state index in [0.717, 1.165) is 12.0 Å². The average molecular weight is 379 g/mol. The lowest BCUT2D eigenvalue weighted by atomic mass is 10.1. The molecule has 1 amide bonds. The predicted octanol–water partition coefficient (Wildman–Crippen LogP) is 3.39. The zero-order valence-electron chi connectivity index (χ0n) is 15.7. The van der Waals surface area contributed by atoms with E-state index in [1.807, 2.05) is 31.2 Å². The van der Waals surface area contributed by atoms with Crippen LogP contribution in [0.15, 0.2) is 63.8 Å². The molecule has 28 heavy (non-hydrogen) atoms. The number of esters is 1. The Hall–Kier alpha value is -3.41. The van der Waals surface area contributed by atoms with Gasteiger partial charge >= 0.3 is 11.6 Å². The third-order valence-electron chi connectivity index (χ3n) is 4.46. The first-order valence-corrected chi connectivity index (χ1v) is 9.06. The Balaban J connectivity index is 1.60. The van der Waals surface area contributed by atoms with E-state index in [4.69, 9.17) is 9.15 Å². The standard InChI is InChI=1S/C22H21NO5/c1-3-15-8-10-16(11-9-15)14(2)23-20(24)13-27-21(25)18-12-17-6-4-5-7-19(17)28-22(18)26/h4-12,14H,3,13H2,1-2H3,(H,23,24)/t14-/m0/s1. The first-order chi connectivity index (χ1) is 13.5. The molecular formula is C22H21NO5. The number of fused-ring (bicyclic) bond motifs is 1. The van der Waals surface area contributed by atoms with Crippen molar-refractivity contribution in [2.24, 2.45) is 0 Å². The van der Waals surface area contributed by atoms with E-state index in [1.54, 1.807) is 24.3 Å². The zero-order valence-corrected chi connectivity index (χ0v) is 15.7. The third-order valence-corrected chi connectivity index (χ3v) is 4.46. The molecule has 6 heteroatoms. The molecule has 0 unspecified atom stereocenters. The zero-order chi connectivity index (χ0) is 20.1. The Morgan fingerprint density at radius 2 is 1.82 bits per heavy atom. The van der Waals surface area contributed by atoms with Crippen LogP contribution in [0.3, 0.4) is 0 Å². The Morgan fingerprint density at radius 3 is 2.54 bits per heavy atom. The molecule has 1 N–H and O–H groups in total. The molecule has 1 atom stereocenters. The smallest absolute Gasteiger partial charge is 0.351 e. The van der Waals surface area contributed by atoms with Crippen LogP contribution in [0.25, 0.3) is 11.0 Å². The second-order valence-electron chi connectivity index (χ2n) is 6.45. The summed E-state index contributed by atoms with van der Waals surface area (Å²) in [5, 5.41) is 3.37. The van der Waals surface area contributed by atoms with Crippen LogP contribution in [0.2, 0.25) is 0 Å². The van der Waals surface area contributed by atoms with E-state index in [1.165, 1.54) is 11.6 Å². The summed E-state index contributed by atoms with van der Waals surface area (Å²) >= 11 is 0. The highest BCUT2D eigenvalue weighted by molar-refractivity contribution is 5.94. The first kappa shape index (κ1) is 19.4. The molecule has 1 heterocycles. The number of rotatable bonds is 6. The van der Waals surface area contributed by atoms with Crippen molar-refractivity contribution in [2.75, 3.05) is 6.61 Å². The van der Waals surface area contributed by atoms with Crippen LogP contribution in [0.5, 0.6) is 0 Å². The molecule has 0 saturated carbocycles. The Kier molecular flexibility index (Phi) is 5.89. The minimum absolute atomic E-state index is 0.233. The maximum Gasteiger partial charge on any atom is 0.351 e. The minimum atomic E-state index is -0.894. The van der Waals surface area contributed by atoms with Gasteiger partial charge in [-0.2, -0.15) is 0 Å². The highest BCUT2D eigenvalue weighted by Gasteiger charge is 2.17. The lowest BCUT2D eigenvalue weighted by Gasteiger charge is -2.15. The van der Waals surface area contributed by atoms with Crippen molar-refractivity contribution >= 4 is 22.8 Å². The van der Waals surface area contributed by atoms with Gasteiger partial charge in [0.1, 0.15) is 11.1 Å². The summed E-state index contributed by atoms with van der Waals surface area (Å²) in [6, 6.07) is 15.9. The highest BCUT2D eigenvalue weighted by Crippen LogP contribution is 2.14. The molecule has 1 aromatic heterocycles. The van der Waals surface area contributed by atoms with Crippen LogP contribution < -0.4 is 10.9 Å². The van der Waals surface area contributed by atoms with Crippen molar-refractivity contribution in [3.05, 3.63) is 81.7 Å². The van der Waals surface area contributed by atoms with E-state index in [0.29, 0.717) is 11.0 Å². The van der Waals surface area contributed by atoms with Gasteiger partial charge in [-0.05, 0) is 36.6 Å². The van der Waals surface area contributed by atoms with Gasteiger partial charge in [-0.3, -0.25) is 4.79 Å². The van der Waals surface area contributed by atoms with Crippen molar-refractivity contribution in [3.8, 4) is 0 Å². The maximum absolute atomic E-state index is 12.2. The average Bonchev–Trinajstić information content (AvgIpc) is 2.71. The van der Waals surface area contributed by atoms with Crippen molar-refractivity contribution in [3.63, 3.8) is 0 Å². The largest absolute Gasteiger partial charge is 0.452 e. The molecule has 6 nitrogen and oxygen atoms in total. The summed E-state index contributed by atoms with van der Waals surface area (Å²) in [6.07, 6.45) is 0.944. The van der Waals surface area contributed by atoms with Gasteiger partial charge in [-0.1, -0.05) is 49.4 Å². The molecule has 0 aliphatic heterocycles. The number of carbonyl (C=O) groups excluding carboxylic acids is 2. The third kappa shape index (κ3) is 4.46. The fourth-order valence-corrected chi connectivity index (χ4v) is 2.82. The SMILES string of the molecule is CCc1ccc([C@H](C)NC(=O)COC(=O)c2cc3ccccc3oc2=O)cc1. The van der Waals surface area contributed by atoms with E-state index < -0.39 is 24.1 Å². The molecular weight excluding hydrogens is 358 g/mol. The Labute approximate surface area is 162 Å². The molecule has 0 bridgehead atoms. The van der Waals surface area contributed by atoms with Gasteiger partial charge in [0.05, 0.1) is 6.04 Å². The molecule has 3 aromatic rings. The number of hydrogen-bond acceptors (Lipinski definition) is 5. The maximum atomic E-state index is 12.2. The number of para-hydroxylation sites is 1. The number of hydrogen-bond donors (Lipinski definition) is 1. The fraction of sp³-hybridized carbons (Fsp3) is 0.227. The van der Waals surface area contributed by atoms with E-state index >= 15 is 0 Å². The molecule has 0 saturated heterocycles. The van der Waals surface area contributed by atoms with Gasteiger partial charge < -0.3 is 14.5 Å². The lowest BCUT2D eigenvalue weighted by Crippen LogP contribution is -2.31. The van der Waals surface area contributed by atoms with Crippen LogP contribution in [0, 0.1) is 0 Å². The number of carbonyl (C=O) groups is 2. The number of ether oxygens (including phenoxy) is 1.